The van der Waals surface area contributed by atoms with Gasteiger partial charge in [-0.2, -0.15) is 13.2 Å². The number of halogens is 4. The molecule has 0 radical (unpaired) electrons. The molecule has 0 bridgehead atoms. The minimum Gasteiger partial charge on any atom is -0.376 e. The zero-order chi connectivity index (χ0) is 14.9. The number of nitrogens with zero attached hydrogens (tertiary/aromatic N) is 1. The van der Waals surface area contributed by atoms with Crippen molar-refractivity contribution in [2.45, 2.75) is 25.1 Å². The van der Waals surface area contributed by atoms with E-state index >= 15 is 0 Å². The van der Waals surface area contributed by atoms with Gasteiger partial charge in [-0.3, -0.25) is 4.79 Å². The smallest absolute Gasteiger partial charge is 0.376 e. The lowest BCUT2D eigenvalue weighted by molar-refractivity contribution is -0.137. The van der Waals surface area contributed by atoms with Crippen molar-refractivity contribution < 1.29 is 18.0 Å². The third-order valence-electron chi connectivity index (χ3n) is 3.20. The molecule has 110 valence electrons. The van der Waals surface area contributed by atoms with E-state index in [2.05, 4.69) is 5.32 Å². The molecule has 0 aromatic heterocycles. The highest BCUT2D eigenvalue weighted by molar-refractivity contribution is 6.31. The number of carbonyl (C=O) groups is 1. The number of amides is 1. The van der Waals surface area contributed by atoms with E-state index < -0.39 is 11.7 Å². The summed E-state index contributed by atoms with van der Waals surface area (Å²) in [6, 6.07) is 3.77. The van der Waals surface area contributed by atoms with Crippen molar-refractivity contribution in [1.29, 1.82) is 0 Å². The van der Waals surface area contributed by atoms with Gasteiger partial charge in [-0.1, -0.05) is 11.6 Å². The van der Waals surface area contributed by atoms with Gasteiger partial charge in [0.25, 0.3) is 0 Å². The third-order valence-corrected chi connectivity index (χ3v) is 3.53. The highest BCUT2D eigenvalue weighted by Crippen LogP contribution is 2.36. The Morgan fingerprint density at radius 1 is 1.45 bits per heavy atom. The SMILES string of the molecule is CN(C(=O)CNc1ccc(Cl)c(C(F)(F)F)c1)C1CC1. The normalized spacial score (nSPS) is 15.1. The molecule has 1 amide bonds. The number of hydrogen-bond donors (Lipinski definition) is 1. The van der Waals surface area contributed by atoms with Crippen molar-refractivity contribution in [2.24, 2.45) is 0 Å². The van der Waals surface area contributed by atoms with E-state index in [0.29, 0.717) is 0 Å². The van der Waals surface area contributed by atoms with Crippen molar-refractivity contribution in [3.8, 4) is 0 Å². The van der Waals surface area contributed by atoms with Crippen LogP contribution in [0.1, 0.15) is 18.4 Å². The van der Waals surface area contributed by atoms with E-state index in [9.17, 15) is 18.0 Å². The molecule has 2 rings (SSSR count). The molecule has 1 saturated carbocycles. The molecule has 1 aromatic rings. The van der Waals surface area contributed by atoms with Gasteiger partial charge in [0.05, 0.1) is 17.1 Å². The average Bonchev–Trinajstić information content (AvgIpc) is 3.19. The number of nitrogens with one attached hydrogen (secondary N) is 1. The fourth-order valence-electron chi connectivity index (χ4n) is 1.82. The number of rotatable bonds is 4. The Labute approximate surface area is 119 Å². The molecule has 1 aliphatic rings. The van der Waals surface area contributed by atoms with Gasteiger partial charge in [0.2, 0.25) is 5.91 Å². The summed E-state index contributed by atoms with van der Waals surface area (Å²) in [4.78, 5) is 13.4. The predicted octanol–water partition coefficient (Wildman–Crippen LogP) is 3.39. The lowest BCUT2D eigenvalue weighted by Gasteiger charge is -2.17. The molecule has 1 fully saturated rings. The van der Waals surface area contributed by atoms with Crippen molar-refractivity contribution in [1.82, 2.24) is 4.90 Å². The molecule has 3 nitrogen and oxygen atoms in total. The molecule has 1 N–H and O–H groups in total. The van der Waals surface area contributed by atoms with Crippen LogP contribution in [-0.4, -0.2) is 30.4 Å². The molecule has 0 heterocycles. The Morgan fingerprint density at radius 3 is 2.65 bits per heavy atom. The zero-order valence-electron chi connectivity index (χ0n) is 10.8. The van der Waals surface area contributed by atoms with Gasteiger partial charge in [0.1, 0.15) is 0 Å². The Morgan fingerprint density at radius 2 is 2.10 bits per heavy atom. The molecule has 20 heavy (non-hydrogen) atoms. The van der Waals surface area contributed by atoms with Crippen LogP contribution < -0.4 is 5.32 Å². The molecule has 0 aliphatic heterocycles. The van der Waals surface area contributed by atoms with Gasteiger partial charge in [-0.15, -0.1) is 0 Å². The number of anilines is 1. The van der Waals surface area contributed by atoms with Gasteiger partial charge < -0.3 is 10.2 Å². The molecular weight excluding hydrogens is 293 g/mol. The van der Waals surface area contributed by atoms with Crippen LogP contribution in [-0.2, 0) is 11.0 Å². The summed E-state index contributed by atoms with van der Waals surface area (Å²) < 4.78 is 38.0. The van der Waals surface area contributed by atoms with E-state index in [1.54, 1.807) is 11.9 Å². The number of carbonyl (C=O) groups excluding carboxylic acids is 1. The standard InChI is InChI=1S/C13H14ClF3N2O/c1-19(9-3-4-9)12(20)7-18-8-2-5-11(14)10(6-8)13(15,16)17/h2,5-6,9,18H,3-4,7H2,1H3. The Bertz CT molecular complexity index is 515. The van der Waals surface area contributed by atoms with Crippen molar-refractivity contribution >= 4 is 23.2 Å². The molecule has 0 saturated heterocycles. The topological polar surface area (TPSA) is 32.3 Å². The predicted molar refractivity (Wildman–Crippen MR) is 70.7 cm³/mol. The quantitative estimate of drug-likeness (QED) is 0.925. The summed E-state index contributed by atoms with van der Waals surface area (Å²) in [6.07, 6.45) is -2.54. The maximum absolute atomic E-state index is 12.7. The number of hydrogen-bond acceptors (Lipinski definition) is 2. The fraction of sp³-hybridized carbons (Fsp3) is 0.462. The van der Waals surface area contributed by atoms with E-state index in [1.165, 1.54) is 12.1 Å². The first-order valence-electron chi connectivity index (χ1n) is 6.15. The molecule has 0 unspecified atom stereocenters. The summed E-state index contributed by atoms with van der Waals surface area (Å²) in [5.41, 5.74) is -0.688. The Balaban J connectivity index is 2.01. The van der Waals surface area contributed by atoms with Crippen molar-refractivity contribution in [3.63, 3.8) is 0 Å². The molecule has 0 spiro atoms. The second-order valence-corrected chi connectivity index (χ2v) is 5.19. The van der Waals surface area contributed by atoms with Crippen LogP contribution in [0.4, 0.5) is 18.9 Å². The van der Waals surface area contributed by atoms with Crippen LogP contribution in [0.3, 0.4) is 0 Å². The molecule has 1 aromatic carbocycles. The van der Waals surface area contributed by atoms with Crippen LogP contribution in [0.5, 0.6) is 0 Å². The highest BCUT2D eigenvalue weighted by Gasteiger charge is 2.33. The second kappa shape index (κ2) is 5.52. The second-order valence-electron chi connectivity index (χ2n) is 4.78. The number of benzene rings is 1. The summed E-state index contributed by atoms with van der Waals surface area (Å²) >= 11 is 5.52. The summed E-state index contributed by atoms with van der Waals surface area (Å²) in [5, 5.41) is 2.34. The first kappa shape index (κ1) is 15.0. The summed E-state index contributed by atoms with van der Waals surface area (Å²) in [7, 11) is 1.70. The average molecular weight is 307 g/mol. The molecule has 0 atom stereocenters. The van der Waals surface area contributed by atoms with Gasteiger partial charge in [-0.25, -0.2) is 0 Å². The minimum atomic E-state index is -4.51. The number of alkyl halides is 3. The van der Waals surface area contributed by atoms with Crippen LogP contribution in [0.15, 0.2) is 18.2 Å². The number of likely N-dealkylation sites (N-methyl/N-ethyl adjacent to an activating group) is 1. The first-order valence-corrected chi connectivity index (χ1v) is 6.53. The fourth-order valence-corrected chi connectivity index (χ4v) is 2.05. The van der Waals surface area contributed by atoms with Crippen LogP contribution in [0.25, 0.3) is 0 Å². The lowest BCUT2D eigenvalue weighted by Crippen LogP contribution is -2.33. The maximum atomic E-state index is 12.7. The largest absolute Gasteiger partial charge is 0.417 e. The summed E-state index contributed by atoms with van der Waals surface area (Å²) in [6.45, 7) is -0.0358. The van der Waals surface area contributed by atoms with E-state index in [4.69, 9.17) is 11.6 Å². The van der Waals surface area contributed by atoms with E-state index in [-0.39, 0.29) is 29.2 Å². The first-order chi connectivity index (χ1) is 9.29. The maximum Gasteiger partial charge on any atom is 0.417 e. The van der Waals surface area contributed by atoms with Crippen LogP contribution in [0.2, 0.25) is 5.02 Å². The van der Waals surface area contributed by atoms with Crippen LogP contribution in [0, 0.1) is 0 Å². The molecule has 7 heteroatoms. The van der Waals surface area contributed by atoms with Gasteiger partial charge in [0, 0.05) is 18.8 Å². The van der Waals surface area contributed by atoms with Gasteiger partial charge in [-0.05, 0) is 31.0 Å². The molecular formula is C13H14ClF3N2O. The summed E-state index contributed by atoms with van der Waals surface area (Å²) in [5.74, 6) is -0.143. The van der Waals surface area contributed by atoms with Crippen LogP contribution >= 0.6 is 11.6 Å². The van der Waals surface area contributed by atoms with Gasteiger partial charge >= 0.3 is 6.18 Å². The van der Waals surface area contributed by atoms with E-state index in [0.717, 1.165) is 18.9 Å². The van der Waals surface area contributed by atoms with E-state index in [1.807, 2.05) is 0 Å². The lowest BCUT2D eigenvalue weighted by atomic mass is 10.2. The van der Waals surface area contributed by atoms with Crippen molar-refractivity contribution in [3.05, 3.63) is 28.8 Å². The Kier molecular flexibility index (Phi) is 4.13. The Hall–Kier alpha value is -1.43. The highest BCUT2D eigenvalue weighted by atomic mass is 35.5. The molecule has 1 aliphatic carbocycles. The monoisotopic (exact) mass is 306 g/mol. The van der Waals surface area contributed by atoms with Crippen molar-refractivity contribution in [2.75, 3.05) is 18.9 Å². The minimum absolute atomic E-state index is 0.0358. The van der Waals surface area contributed by atoms with Gasteiger partial charge in [0.15, 0.2) is 0 Å². The third kappa shape index (κ3) is 3.56. The zero-order valence-corrected chi connectivity index (χ0v) is 11.6.